The number of imide groups is 1. The number of benzene rings is 1. The van der Waals surface area contributed by atoms with Crippen molar-refractivity contribution in [3.8, 4) is 0 Å². The maximum atomic E-state index is 12.0. The van der Waals surface area contributed by atoms with Crippen LogP contribution in [0.3, 0.4) is 0 Å². The van der Waals surface area contributed by atoms with Crippen LogP contribution in [-0.2, 0) is 4.79 Å². The largest absolute Gasteiger partial charge is 0.349 e. The van der Waals surface area contributed by atoms with E-state index in [1.807, 2.05) is 0 Å². The minimum absolute atomic E-state index is 0.105. The van der Waals surface area contributed by atoms with E-state index in [-0.39, 0.29) is 30.7 Å². The standard InChI is InChI=1S/C13H14N2O3/c1-14(2)11(16)7-8-15-12(17)9-5-3-4-6-10(9)13(15)18/h3-6H,7-8H2,1-2H3. The summed E-state index contributed by atoms with van der Waals surface area (Å²) < 4.78 is 0. The van der Waals surface area contributed by atoms with Gasteiger partial charge < -0.3 is 4.90 Å². The Hall–Kier alpha value is -2.17. The van der Waals surface area contributed by atoms with Crippen molar-refractivity contribution in [2.75, 3.05) is 20.6 Å². The lowest BCUT2D eigenvalue weighted by atomic mass is 10.1. The Labute approximate surface area is 105 Å². The molecule has 0 N–H and O–H groups in total. The molecule has 1 aromatic rings. The third-order valence-electron chi connectivity index (χ3n) is 2.93. The van der Waals surface area contributed by atoms with Gasteiger partial charge in [-0.1, -0.05) is 12.1 Å². The first kappa shape index (κ1) is 12.3. The van der Waals surface area contributed by atoms with E-state index in [0.29, 0.717) is 11.1 Å². The summed E-state index contributed by atoms with van der Waals surface area (Å²) in [5, 5.41) is 0. The van der Waals surface area contributed by atoms with Crippen LogP contribution in [0.2, 0.25) is 0 Å². The van der Waals surface area contributed by atoms with Gasteiger partial charge in [-0.2, -0.15) is 0 Å². The first-order chi connectivity index (χ1) is 8.52. The zero-order valence-corrected chi connectivity index (χ0v) is 10.3. The summed E-state index contributed by atoms with van der Waals surface area (Å²) in [5.74, 6) is -0.740. The van der Waals surface area contributed by atoms with Crippen molar-refractivity contribution in [3.05, 3.63) is 35.4 Å². The molecular formula is C13H14N2O3. The quantitative estimate of drug-likeness (QED) is 0.740. The predicted molar refractivity (Wildman–Crippen MR) is 65.1 cm³/mol. The van der Waals surface area contributed by atoms with Gasteiger partial charge in [0.2, 0.25) is 5.91 Å². The lowest BCUT2D eigenvalue weighted by molar-refractivity contribution is -0.128. The maximum absolute atomic E-state index is 12.0. The number of fused-ring (bicyclic) bond motifs is 1. The zero-order chi connectivity index (χ0) is 13.3. The summed E-state index contributed by atoms with van der Waals surface area (Å²) in [6.07, 6.45) is 0.151. The van der Waals surface area contributed by atoms with Crippen molar-refractivity contribution in [3.63, 3.8) is 0 Å². The topological polar surface area (TPSA) is 57.7 Å². The molecule has 1 heterocycles. The van der Waals surface area contributed by atoms with Crippen LogP contribution in [0.15, 0.2) is 24.3 Å². The fourth-order valence-corrected chi connectivity index (χ4v) is 1.87. The van der Waals surface area contributed by atoms with Gasteiger partial charge in [-0.25, -0.2) is 0 Å². The van der Waals surface area contributed by atoms with Crippen LogP contribution in [0, 0.1) is 0 Å². The lowest BCUT2D eigenvalue weighted by Gasteiger charge is -2.15. The minimum Gasteiger partial charge on any atom is -0.349 e. The molecule has 0 saturated heterocycles. The van der Waals surface area contributed by atoms with Gasteiger partial charge in [0.05, 0.1) is 11.1 Å². The molecule has 2 rings (SSSR count). The fraction of sp³-hybridized carbons (Fsp3) is 0.308. The van der Waals surface area contributed by atoms with Crippen LogP contribution < -0.4 is 0 Å². The number of carbonyl (C=O) groups is 3. The van der Waals surface area contributed by atoms with Crippen molar-refractivity contribution in [1.82, 2.24) is 9.80 Å². The molecule has 5 heteroatoms. The summed E-state index contributed by atoms with van der Waals surface area (Å²) >= 11 is 0. The van der Waals surface area contributed by atoms with Gasteiger partial charge in [-0.05, 0) is 12.1 Å². The Morgan fingerprint density at radius 1 is 1.11 bits per heavy atom. The summed E-state index contributed by atoms with van der Waals surface area (Å²) in [4.78, 5) is 38.0. The molecule has 0 radical (unpaired) electrons. The van der Waals surface area contributed by atoms with Crippen LogP contribution >= 0.6 is 0 Å². The van der Waals surface area contributed by atoms with Crippen LogP contribution in [0.1, 0.15) is 27.1 Å². The third kappa shape index (κ3) is 1.99. The highest BCUT2D eigenvalue weighted by atomic mass is 16.2. The molecule has 5 nitrogen and oxygen atoms in total. The second-order valence-corrected chi connectivity index (χ2v) is 4.35. The monoisotopic (exact) mass is 246 g/mol. The SMILES string of the molecule is CN(C)C(=O)CCN1C(=O)c2ccccc2C1=O. The van der Waals surface area contributed by atoms with E-state index in [1.165, 1.54) is 4.90 Å². The molecule has 1 aromatic carbocycles. The molecule has 0 unspecified atom stereocenters. The van der Waals surface area contributed by atoms with E-state index in [0.717, 1.165) is 4.90 Å². The molecule has 0 bridgehead atoms. The first-order valence-electron chi connectivity index (χ1n) is 5.67. The van der Waals surface area contributed by atoms with E-state index in [1.54, 1.807) is 38.4 Å². The molecule has 0 fully saturated rings. The average Bonchev–Trinajstić information content (AvgIpc) is 2.60. The van der Waals surface area contributed by atoms with E-state index in [4.69, 9.17) is 0 Å². The molecular weight excluding hydrogens is 232 g/mol. The van der Waals surface area contributed by atoms with E-state index in [9.17, 15) is 14.4 Å². The van der Waals surface area contributed by atoms with Gasteiger partial charge >= 0.3 is 0 Å². The molecule has 1 aliphatic heterocycles. The number of hydrogen-bond donors (Lipinski definition) is 0. The summed E-state index contributed by atoms with van der Waals surface area (Å²) in [6, 6.07) is 6.70. The van der Waals surface area contributed by atoms with Gasteiger partial charge in [0.15, 0.2) is 0 Å². The number of hydrogen-bond acceptors (Lipinski definition) is 3. The van der Waals surface area contributed by atoms with Crippen LogP contribution in [-0.4, -0.2) is 48.2 Å². The maximum Gasteiger partial charge on any atom is 0.261 e. The highest BCUT2D eigenvalue weighted by Gasteiger charge is 2.34. The highest BCUT2D eigenvalue weighted by molar-refractivity contribution is 6.21. The number of nitrogens with zero attached hydrogens (tertiary/aromatic N) is 2. The molecule has 18 heavy (non-hydrogen) atoms. The second-order valence-electron chi connectivity index (χ2n) is 4.35. The Morgan fingerprint density at radius 2 is 1.61 bits per heavy atom. The predicted octanol–water partition coefficient (Wildman–Crippen LogP) is 0.761. The molecule has 0 aliphatic carbocycles. The molecule has 3 amide bonds. The summed E-state index contributed by atoms with van der Waals surface area (Å²) in [5.41, 5.74) is 0.833. The first-order valence-corrected chi connectivity index (χ1v) is 5.67. The van der Waals surface area contributed by atoms with Gasteiger partial charge in [-0.3, -0.25) is 19.3 Å². The Kier molecular flexibility index (Phi) is 3.14. The minimum atomic E-state index is -0.317. The Balaban J connectivity index is 2.12. The molecule has 1 aliphatic rings. The van der Waals surface area contributed by atoms with Crippen LogP contribution in [0.25, 0.3) is 0 Å². The molecule has 0 aromatic heterocycles. The van der Waals surface area contributed by atoms with Gasteiger partial charge in [0.1, 0.15) is 0 Å². The fourth-order valence-electron chi connectivity index (χ4n) is 1.87. The Morgan fingerprint density at radius 3 is 2.06 bits per heavy atom. The zero-order valence-electron chi connectivity index (χ0n) is 10.3. The number of carbonyl (C=O) groups excluding carboxylic acids is 3. The van der Waals surface area contributed by atoms with Crippen molar-refractivity contribution in [2.45, 2.75) is 6.42 Å². The number of rotatable bonds is 3. The van der Waals surface area contributed by atoms with Crippen molar-refractivity contribution in [1.29, 1.82) is 0 Å². The molecule has 0 atom stereocenters. The van der Waals surface area contributed by atoms with Crippen molar-refractivity contribution < 1.29 is 14.4 Å². The average molecular weight is 246 g/mol. The van der Waals surface area contributed by atoms with Gasteiger partial charge in [0, 0.05) is 27.1 Å². The number of amides is 3. The van der Waals surface area contributed by atoms with Crippen molar-refractivity contribution in [2.24, 2.45) is 0 Å². The lowest BCUT2D eigenvalue weighted by Crippen LogP contribution is -2.34. The summed E-state index contributed by atoms with van der Waals surface area (Å²) in [6.45, 7) is 0.128. The normalized spacial score (nSPS) is 13.8. The van der Waals surface area contributed by atoms with Crippen molar-refractivity contribution >= 4 is 17.7 Å². The van der Waals surface area contributed by atoms with Gasteiger partial charge in [0.25, 0.3) is 11.8 Å². The van der Waals surface area contributed by atoms with E-state index in [2.05, 4.69) is 0 Å². The second kappa shape index (κ2) is 4.60. The van der Waals surface area contributed by atoms with E-state index < -0.39 is 0 Å². The molecule has 0 spiro atoms. The van der Waals surface area contributed by atoms with Gasteiger partial charge in [-0.15, -0.1) is 0 Å². The van der Waals surface area contributed by atoms with E-state index >= 15 is 0 Å². The van der Waals surface area contributed by atoms with Crippen LogP contribution in [0.5, 0.6) is 0 Å². The molecule has 0 saturated carbocycles. The Bertz CT molecular complexity index is 488. The smallest absolute Gasteiger partial charge is 0.261 e. The summed E-state index contributed by atoms with van der Waals surface area (Å²) in [7, 11) is 3.29. The highest BCUT2D eigenvalue weighted by Crippen LogP contribution is 2.22. The molecule has 94 valence electrons. The van der Waals surface area contributed by atoms with Crippen LogP contribution in [0.4, 0.5) is 0 Å². The third-order valence-corrected chi connectivity index (χ3v) is 2.93.